The van der Waals surface area contributed by atoms with Gasteiger partial charge in [0, 0.05) is 10.0 Å². The monoisotopic (exact) mass is 386 g/mol. The maximum absolute atomic E-state index is 5.58. The van der Waals surface area contributed by atoms with Crippen molar-refractivity contribution >= 4 is 42.4 Å². The SMILES string of the molecule is CCc1c(-c2ccc(Br)cc2)nc2sc3cccc(OC)c3n12. The molecule has 5 heteroatoms. The summed E-state index contributed by atoms with van der Waals surface area (Å²) < 4.78 is 10.1. The van der Waals surface area contributed by atoms with E-state index in [4.69, 9.17) is 9.72 Å². The van der Waals surface area contributed by atoms with Crippen LogP contribution in [0.3, 0.4) is 0 Å². The minimum Gasteiger partial charge on any atom is -0.495 e. The number of ether oxygens (including phenoxy) is 1. The van der Waals surface area contributed by atoms with Gasteiger partial charge < -0.3 is 4.74 Å². The van der Waals surface area contributed by atoms with Crippen LogP contribution in [0, 0.1) is 0 Å². The van der Waals surface area contributed by atoms with E-state index in [-0.39, 0.29) is 0 Å². The van der Waals surface area contributed by atoms with Crippen LogP contribution >= 0.6 is 27.3 Å². The molecule has 116 valence electrons. The van der Waals surface area contributed by atoms with Crippen molar-refractivity contribution in [1.82, 2.24) is 9.38 Å². The molecule has 0 saturated heterocycles. The molecular weight excluding hydrogens is 372 g/mol. The number of fused-ring (bicyclic) bond motifs is 3. The van der Waals surface area contributed by atoms with Gasteiger partial charge in [-0.15, -0.1) is 0 Å². The molecular formula is C18H15BrN2OS. The molecule has 2 aromatic heterocycles. The average Bonchev–Trinajstić information content (AvgIpc) is 3.10. The summed E-state index contributed by atoms with van der Waals surface area (Å²) in [6, 6.07) is 14.5. The number of rotatable bonds is 3. The largest absolute Gasteiger partial charge is 0.495 e. The average molecular weight is 387 g/mol. The normalized spacial score (nSPS) is 11.4. The van der Waals surface area contributed by atoms with E-state index in [2.05, 4.69) is 57.6 Å². The van der Waals surface area contributed by atoms with E-state index in [0.29, 0.717) is 0 Å². The summed E-state index contributed by atoms with van der Waals surface area (Å²) in [4.78, 5) is 5.92. The summed E-state index contributed by atoms with van der Waals surface area (Å²) in [5.74, 6) is 0.892. The van der Waals surface area contributed by atoms with Crippen LogP contribution in [0.5, 0.6) is 5.75 Å². The maximum Gasteiger partial charge on any atom is 0.195 e. The fourth-order valence-electron chi connectivity index (χ4n) is 2.96. The van der Waals surface area contributed by atoms with E-state index in [0.717, 1.165) is 38.4 Å². The van der Waals surface area contributed by atoms with Gasteiger partial charge in [-0.1, -0.05) is 52.4 Å². The van der Waals surface area contributed by atoms with Gasteiger partial charge in [0.25, 0.3) is 0 Å². The first kappa shape index (κ1) is 14.7. The van der Waals surface area contributed by atoms with Gasteiger partial charge in [0.2, 0.25) is 0 Å². The fraction of sp³-hybridized carbons (Fsp3) is 0.167. The van der Waals surface area contributed by atoms with Gasteiger partial charge in [-0.25, -0.2) is 4.98 Å². The summed E-state index contributed by atoms with van der Waals surface area (Å²) in [7, 11) is 1.72. The van der Waals surface area contributed by atoms with E-state index in [9.17, 15) is 0 Å². The van der Waals surface area contributed by atoms with E-state index in [1.807, 2.05) is 12.1 Å². The zero-order chi connectivity index (χ0) is 16.0. The molecule has 0 aliphatic heterocycles. The molecule has 0 fully saturated rings. The summed E-state index contributed by atoms with van der Waals surface area (Å²) >= 11 is 5.19. The second kappa shape index (κ2) is 5.65. The van der Waals surface area contributed by atoms with Crippen molar-refractivity contribution in [2.45, 2.75) is 13.3 Å². The van der Waals surface area contributed by atoms with Crippen LogP contribution in [-0.2, 0) is 6.42 Å². The second-order valence-electron chi connectivity index (χ2n) is 5.29. The Morgan fingerprint density at radius 2 is 1.96 bits per heavy atom. The van der Waals surface area contributed by atoms with E-state index >= 15 is 0 Å². The highest BCUT2D eigenvalue weighted by Gasteiger charge is 2.19. The molecule has 0 aliphatic rings. The third-order valence-corrected chi connectivity index (χ3v) is 5.54. The number of aromatic nitrogens is 2. The number of nitrogens with zero attached hydrogens (tertiary/aromatic N) is 2. The first-order valence-corrected chi connectivity index (χ1v) is 9.06. The van der Waals surface area contributed by atoms with E-state index in [1.54, 1.807) is 18.4 Å². The minimum absolute atomic E-state index is 0.892. The predicted molar refractivity (Wildman–Crippen MR) is 99.6 cm³/mol. The molecule has 2 aromatic carbocycles. The zero-order valence-electron chi connectivity index (χ0n) is 12.8. The van der Waals surface area contributed by atoms with Crippen LogP contribution < -0.4 is 4.74 Å². The Kier molecular flexibility index (Phi) is 3.62. The van der Waals surface area contributed by atoms with Crippen molar-refractivity contribution in [2.24, 2.45) is 0 Å². The Morgan fingerprint density at radius 3 is 2.65 bits per heavy atom. The third-order valence-electron chi connectivity index (χ3n) is 4.00. The summed E-state index contributed by atoms with van der Waals surface area (Å²) in [5.41, 5.74) is 4.53. The van der Waals surface area contributed by atoms with Crippen LogP contribution in [0.25, 0.3) is 26.4 Å². The Morgan fingerprint density at radius 1 is 1.17 bits per heavy atom. The van der Waals surface area contributed by atoms with Gasteiger partial charge in [0.05, 0.1) is 23.2 Å². The molecule has 0 bridgehead atoms. The summed E-state index contributed by atoms with van der Waals surface area (Å²) in [5, 5.41) is 0. The molecule has 0 unspecified atom stereocenters. The molecule has 2 heterocycles. The van der Waals surface area contributed by atoms with Crippen molar-refractivity contribution in [1.29, 1.82) is 0 Å². The molecule has 0 saturated carbocycles. The Labute approximate surface area is 146 Å². The standard InChI is InChI=1S/C18H15BrN2OS/c1-3-13-16(11-7-9-12(19)10-8-11)20-18-21(13)17-14(22-2)5-4-6-15(17)23-18/h4-10H,3H2,1-2H3. The number of methoxy groups -OCH3 is 1. The number of hydrogen-bond donors (Lipinski definition) is 0. The van der Waals surface area contributed by atoms with Gasteiger partial charge >= 0.3 is 0 Å². The van der Waals surface area contributed by atoms with Crippen molar-refractivity contribution < 1.29 is 4.74 Å². The van der Waals surface area contributed by atoms with Crippen LogP contribution in [0.2, 0.25) is 0 Å². The predicted octanol–water partition coefficient (Wildman–Crippen LogP) is 5.55. The quantitative estimate of drug-likeness (QED) is 0.461. The molecule has 0 amide bonds. The topological polar surface area (TPSA) is 26.5 Å². The number of imidazole rings is 1. The van der Waals surface area contributed by atoms with Gasteiger partial charge in [-0.2, -0.15) is 0 Å². The van der Waals surface area contributed by atoms with Crippen LogP contribution in [-0.4, -0.2) is 16.5 Å². The fourth-order valence-corrected chi connectivity index (χ4v) is 4.29. The molecule has 4 aromatic rings. The Balaban J connectivity index is 2.06. The van der Waals surface area contributed by atoms with Gasteiger partial charge in [0.1, 0.15) is 11.3 Å². The molecule has 23 heavy (non-hydrogen) atoms. The highest BCUT2D eigenvalue weighted by Crippen LogP contribution is 2.37. The van der Waals surface area contributed by atoms with Crippen molar-refractivity contribution in [3.63, 3.8) is 0 Å². The summed E-state index contributed by atoms with van der Waals surface area (Å²) in [6.45, 7) is 2.17. The molecule has 4 rings (SSSR count). The number of thiazole rings is 1. The van der Waals surface area contributed by atoms with Crippen molar-refractivity contribution in [3.8, 4) is 17.0 Å². The second-order valence-corrected chi connectivity index (χ2v) is 7.22. The molecule has 0 aliphatic carbocycles. The van der Waals surface area contributed by atoms with Gasteiger partial charge in [-0.3, -0.25) is 4.40 Å². The lowest BCUT2D eigenvalue weighted by atomic mass is 10.1. The third kappa shape index (κ3) is 2.26. The molecule has 0 atom stereocenters. The number of halogens is 1. The summed E-state index contributed by atoms with van der Waals surface area (Å²) in [6.07, 6.45) is 0.913. The van der Waals surface area contributed by atoms with Crippen LogP contribution in [0.4, 0.5) is 0 Å². The lowest BCUT2D eigenvalue weighted by Crippen LogP contribution is -1.94. The lowest BCUT2D eigenvalue weighted by molar-refractivity contribution is 0.418. The molecule has 3 nitrogen and oxygen atoms in total. The number of para-hydroxylation sites is 1. The first-order chi connectivity index (χ1) is 11.2. The molecule has 0 radical (unpaired) electrons. The molecule has 0 N–H and O–H groups in total. The Hall–Kier alpha value is -1.85. The van der Waals surface area contributed by atoms with Crippen molar-refractivity contribution in [2.75, 3.05) is 7.11 Å². The number of hydrogen-bond acceptors (Lipinski definition) is 3. The Bertz CT molecular complexity index is 1000. The van der Waals surface area contributed by atoms with Gasteiger partial charge in [0.15, 0.2) is 4.96 Å². The van der Waals surface area contributed by atoms with Crippen molar-refractivity contribution in [3.05, 3.63) is 52.6 Å². The maximum atomic E-state index is 5.58. The zero-order valence-corrected chi connectivity index (χ0v) is 15.2. The van der Waals surface area contributed by atoms with Crippen LogP contribution in [0.1, 0.15) is 12.6 Å². The minimum atomic E-state index is 0.892. The highest BCUT2D eigenvalue weighted by atomic mass is 79.9. The van der Waals surface area contributed by atoms with Crippen LogP contribution in [0.15, 0.2) is 46.9 Å². The van der Waals surface area contributed by atoms with Gasteiger partial charge in [-0.05, 0) is 30.7 Å². The van der Waals surface area contributed by atoms with E-state index < -0.39 is 0 Å². The first-order valence-electron chi connectivity index (χ1n) is 7.45. The lowest BCUT2D eigenvalue weighted by Gasteiger charge is -2.06. The number of benzene rings is 2. The highest BCUT2D eigenvalue weighted by molar-refractivity contribution is 9.10. The smallest absolute Gasteiger partial charge is 0.195 e. The molecule has 0 spiro atoms. The number of aryl methyl sites for hydroxylation is 1. The van der Waals surface area contributed by atoms with E-state index in [1.165, 1.54) is 10.4 Å².